The molecule has 2 unspecified atom stereocenters. The van der Waals surface area contributed by atoms with Crippen LogP contribution in [-0.4, -0.2) is 36.6 Å². The van der Waals surface area contributed by atoms with Crippen molar-refractivity contribution in [3.05, 3.63) is 0 Å². The van der Waals surface area contributed by atoms with Crippen LogP contribution in [-0.2, 0) is 0 Å². The summed E-state index contributed by atoms with van der Waals surface area (Å²) in [6, 6.07) is 2.06. The van der Waals surface area contributed by atoms with Gasteiger partial charge in [0.2, 0.25) is 0 Å². The first kappa shape index (κ1) is 15.0. The van der Waals surface area contributed by atoms with E-state index in [-0.39, 0.29) is 0 Å². The predicted octanol–water partition coefficient (Wildman–Crippen LogP) is 3.42. The van der Waals surface area contributed by atoms with E-state index in [1.165, 1.54) is 44.9 Å². The van der Waals surface area contributed by atoms with E-state index in [4.69, 9.17) is 0 Å². The van der Waals surface area contributed by atoms with Crippen LogP contribution < -0.4 is 5.32 Å². The first-order valence-corrected chi connectivity index (χ1v) is 7.62. The molecule has 2 nitrogen and oxygen atoms in total. The molecule has 0 spiro atoms. The normalized spacial score (nSPS) is 22.4. The van der Waals surface area contributed by atoms with Crippen molar-refractivity contribution in [3.63, 3.8) is 0 Å². The lowest BCUT2D eigenvalue weighted by Crippen LogP contribution is -2.49. The molecule has 0 saturated heterocycles. The van der Waals surface area contributed by atoms with Crippen LogP contribution in [0.15, 0.2) is 0 Å². The molecule has 102 valence electrons. The van der Waals surface area contributed by atoms with E-state index in [1.54, 1.807) is 0 Å². The smallest absolute Gasteiger partial charge is 0.0218 e. The third-order valence-electron chi connectivity index (χ3n) is 4.48. The van der Waals surface area contributed by atoms with E-state index in [0.717, 1.165) is 12.6 Å². The van der Waals surface area contributed by atoms with Crippen LogP contribution in [0.25, 0.3) is 0 Å². The summed E-state index contributed by atoms with van der Waals surface area (Å²) in [7, 11) is 2.32. The van der Waals surface area contributed by atoms with Gasteiger partial charge in [0.25, 0.3) is 0 Å². The molecule has 2 heteroatoms. The molecule has 1 fully saturated rings. The summed E-state index contributed by atoms with van der Waals surface area (Å²) in [5, 5.41) is 3.63. The van der Waals surface area contributed by atoms with Gasteiger partial charge in [0.15, 0.2) is 0 Å². The predicted molar refractivity (Wildman–Crippen MR) is 76.5 cm³/mol. The molecule has 0 aliphatic heterocycles. The first-order chi connectivity index (χ1) is 8.16. The molecule has 1 saturated carbocycles. The molecule has 0 heterocycles. The van der Waals surface area contributed by atoms with E-state index >= 15 is 0 Å². The third kappa shape index (κ3) is 4.97. The van der Waals surface area contributed by atoms with E-state index < -0.39 is 0 Å². The van der Waals surface area contributed by atoms with Gasteiger partial charge in [-0.2, -0.15) is 0 Å². The Bertz CT molecular complexity index is 185. The molecule has 1 N–H and O–H groups in total. The number of nitrogens with one attached hydrogen (secondary N) is 1. The Morgan fingerprint density at radius 1 is 1.12 bits per heavy atom. The first-order valence-electron chi connectivity index (χ1n) is 7.62. The fourth-order valence-corrected chi connectivity index (χ4v) is 2.89. The molecule has 0 aromatic rings. The Morgan fingerprint density at radius 2 is 1.71 bits per heavy atom. The Hall–Kier alpha value is -0.0800. The van der Waals surface area contributed by atoms with Crippen LogP contribution in [0.5, 0.6) is 0 Å². The SMILES string of the molecule is CCCNC(C)C(C)N(C)C1CCCCCC1. The zero-order valence-corrected chi connectivity index (χ0v) is 12.3. The summed E-state index contributed by atoms with van der Waals surface area (Å²) in [5.74, 6) is 0. The number of rotatable bonds is 6. The van der Waals surface area contributed by atoms with Crippen molar-refractivity contribution in [1.29, 1.82) is 0 Å². The second-order valence-corrected chi connectivity index (χ2v) is 5.79. The minimum Gasteiger partial charge on any atom is -0.313 e. The molecular formula is C15H32N2. The van der Waals surface area contributed by atoms with Gasteiger partial charge in [0.05, 0.1) is 0 Å². The quantitative estimate of drug-likeness (QED) is 0.716. The molecule has 2 atom stereocenters. The summed E-state index contributed by atoms with van der Waals surface area (Å²) >= 11 is 0. The van der Waals surface area contributed by atoms with E-state index in [2.05, 4.69) is 38.0 Å². The molecule has 0 bridgehead atoms. The second kappa shape index (κ2) is 8.10. The minimum absolute atomic E-state index is 0.600. The van der Waals surface area contributed by atoms with Crippen molar-refractivity contribution in [1.82, 2.24) is 10.2 Å². The van der Waals surface area contributed by atoms with Crippen molar-refractivity contribution in [2.45, 2.75) is 83.8 Å². The number of hydrogen-bond donors (Lipinski definition) is 1. The monoisotopic (exact) mass is 240 g/mol. The van der Waals surface area contributed by atoms with Crippen LogP contribution in [0.3, 0.4) is 0 Å². The van der Waals surface area contributed by atoms with Crippen molar-refractivity contribution in [2.75, 3.05) is 13.6 Å². The molecule has 1 aliphatic carbocycles. The van der Waals surface area contributed by atoms with Crippen molar-refractivity contribution < 1.29 is 0 Å². The van der Waals surface area contributed by atoms with E-state index in [9.17, 15) is 0 Å². The third-order valence-corrected chi connectivity index (χ3v) is 4.48. The van der Waals surface area contributed by atoms with Crippen LogP contribution in [0.4, 0.5) is 0 Å². The van der Waals surface area contributed by atoms with Gasteiger partial charge in [0, 0.05) is 18.1 Å². The van der Waals surface area contributed by atoms with E-state index in [1.807, 2.05) is 0 Å². The van der Waals surface area contributed by atoms with Crippen molar-refractivity contribution in [2.24, 2.45) is 0 Å². The van der Waals surface area contributed by atoms with E-state index in [0.29, 0.717) is 12.1 Å². The van der Waals surface area contributed by atoms with Crippen LogP contribution in [0.2, 0.25) is 0 Å². The highest BCUT2D eigenvalue weighted by atomic mass is 15.2. The number of hydrogen-bond acceptors (Lipinski definition) is 2. The Labute approximate surface area is 108 Å². The zero-order valence-electron chi connectivity index (χ0n) is 12.3. The lowest BCUT2D eigenvalue weighted by atomic mass is 10.0. The lowest BCUT2D eigenvalue weighted by molar-refractivity contribution is 0.141. The highest BCUT2D eigenvalue weighted by Crippen LogP contribution is 2.23. The topological polar surface area (TPSA) is 15.3 Å². The molecule has 0 amide bonds. The van der Waals surface area contributed by atoms with Crippen LogP contribution in [0, 0.1) is 0 Å². The number of likely N-dealkylation sites (N-methyl/N-ethyl adjacent to an activating group) is 1. The number of nitrogens with zero attached hydrogens (tertiary/aromatic N) is 1. The average Bonchev–Trinajstić information content (AvgIpc) is 2.62. The summed E-state index contributed by atoms with van der Waals surface area (Å²) in [6.45, 7) is 8.08. The highest BCUT2D eigenvalue weighted by molar-refractivity contribution is 4.82. The van der Waals surface area contributed by atoms with Gasteiger partial charge in [-0.15, -0.1) is 0 Å². The summed E-state index contributed by atoms with van der Waals surface area (Å²) < 4.78 is 0. The van der Waals surface area contributed by atoms with Crippen molar-refractivity contribution in [3.8, 4) is 0 Å². The zero-order chi connectivity index (χ0) is 12.7. The molecular weight excluding hydrogens is 208 g/mol. The van der Waals surface area contributed by atoms with Gasteiger partial charge in [-0.05, 0) is 46.7 Å². The van der Waals surface area contributed by atoms with Gasteiger partial charge >= 0.3 is 0 Å². The average molecular weight is 240 g/mol. The van der Waals surface area contributed by atoms with Gasteiger partial charge in [0.1, 0.15) is 0 Å². The Balaban J connectivity index is 2.40. The second-order valence-electron chi connectivity index (χ2n) is 5.79. The van der Waals surface area contributed by atoms with Gasteiger partial charge in [-0.25, -0.2) is 0 Å². The fraction of sp³-hybridized carbons (Fsp3) is 1.00. The molecule has 1 rings (SSSR count). The minimum atomic E-state index is 0.600. The summed E-state index contributed by atoms with van der Waals surface area (Å²) in [6.07, 6.45) is 9.79. The van der Waals surface area contributed by atoms with Gasteiger partial charge in [-0.3, -0.25) is 4.90 Å². The summed E-state index contributed by atoms with van der Waals surface area (Å²) in [5.41, 5.74) is 0. The molecule has 1 aliphatic rings. The lowest BCUT2D eigenvalue weighted by Gasteiger charge is -2.36. The Morgan fingerprint density at radius 3 is 2.24 bits per heavy atom. The van der Waals surface area contributed by atoms with Gasteiger partial charge < -0.3 is 5.32 Å². The van der Waals surface area contributed by atoms with Crippen molar-refractivity contribution >= 4 is 0 Å². The fourth-order valence-electron chi connectivity index (χ4n) is 2.89. The molecule has 0 aromatic heterocycles. The Kier molecular flexibility index (Phi) is 7.14. The molecule has 17 heavy (non-hydrogen) atoms. The standard InChI is InChI=1S/C15H32N2/c1-5-12-16-13(2)14(3)17(4)15-10-8-6-7-9-11-15/h13-16H,5-12H2,1-4H3. The largest absolute Gasteiger partial charge is 0.313 e. The highest BCUT2D eigenvalue weighted by Gasteiger charge is 2.23. The molecule has 0 radical (unpaired) electrons. The maximum Gasteiger partial charge on any atom is 0.0218 e. The maximum absolute atomic E-state index is 3.63. The maximum atomic E-state index is 3.63. The summed E-state index contributed by atoms with van der Waals surface area (Å²) in [4.78, 5) is 2.62. The van der Waals surface area contributed by atoms with Crippen LogP contribution in [0.1, 0.15) is 65.7 Å². The molecule has 0 aromatic carbocycles. The van der Waals surface area contributed by atoms with Crippen LogP contribution >= 0.6 is 0 Å². The van der Waals surface area contributed by atoms with Gasteiger partial charge in [-0.1, -0.05) is 32.6 Å².